The molecule has 0 radical (unpaired) electrons. The number of hydrogen-bond acceptors (Lipinski definition) is 5. The molecule has 11 heteroatoms. The zero-order valence-electron chi connectivity index (χ0n) is 13.1. The van der Waals surface area contributed by atoms with Crippen LogP contribution in [0.15, 0.2) is 17.2 Å². The van der Waals surface area contributed by atoms with Crippen LogP contribution in [0, 0.1) is 11.7 Å². The quantitative estimate of drug-likeness (QED) is 0.380. The second kappa shape index (κ2) is 7.87. The molecular formula is C14H15ClF4N2O4. The fraction of sp³-hybridized carbons (Fsp3) is 0.429. The van der Waals surface area contributed by atoms with Crippen LogP contribution in [0.3, 0.4) is 0 Å². The third-order valence-electron chi connectivity index (χ3n) is 3.25. The minimum Gasteiger partial charge on any atom is -0.492 e. The second-order valence-electron chi connectivity index (χ2n) is 4.95. The SMILES string of the molecule is CCOc1cc(N/N=C\C(O)(C(C)C(=O)O)C(F)(F)F)c(F)cc1Cl. The van der Waals surface area contributed by atoms with Gasteiger partial charge in [-0.15, -0.1) is 0 Å². The third-order valence-corrected chi connectivity index (χ3v) is 3.55. The van der Waals surface area contributed by atoms with E-state index in [1.807, 2.05) is 5.43 Å². The molecule has 2 atom stereocenters. The predicted octanol–water partition coefficient (Wildman–Crippen LogP) is 3.29. The van der Waals surface area contributed by atoms with Crippen molar-refractivity contribution in [1.29, 1.82) is 0 Å². The molecule has 2 unspecified atom stereocenters. The van der Waals surface area contributed by atoms with E-state index < -0.39 is 29.5 Å². The van der Waals surface area contributed by atoms with Gasteiger partial charge in [0.05, 0.1) is 29.4 Å². The maximum absolute atomic E-state index is 13.8. The van der Waals surface area contributed by atoms with E-state index in [1.54, 1.807) is 6.92 Å². The third kappa shape index (κ3) is 4.73. The molecule has 140 valence electrons. The Balaban J connectivity index is 3.12. The van der Waals surface area contributed by atoms with E-state index in [4.69, 9.17) is 21.4 Å². The number of carbonyl (C=O) groups is 1. The van der Waals surface area contributed by atoms with E-state index >= 15 is 0 Å². The summed E-state index contributed by atoms with van der Waals surface area (Å²) in [5.74, 6) is -5.00. The molecule has 0 spiro atoms. The van der Waals surface area contributed by atoms with Crippen LogP contribution < -0.4 is 10.2 Å². The number of carboxylic acids is 1. The van der Waals surface area contributed by atoms with E-state index in [2.05, 4.69) is 5.10 Å². The average molecular weight is 387 g/mol. The maximum atomic E-state index is 13.8. The Morgan fingerprint density at radius 1 is 1.48 bits per heavy atom. The second-order valence-corrected chi connectivity index (χ2v) is 5.36. The van der Waals surface area contributed by atoms with Gasteiger partial charge in [0.2, 0.25) is 5.60 Å². The van der Waals surface area contributed by atoms with Crippen molar-refractivity contribution in [3.63, 3.8) is 0 Å². The first-order valence-electron chi connectivity index (χ1n) is 6.88. The molecule has 0 saturated heterocycles. The molecule has 0 amide bonds. The molecule has 0 aromatic heterocycles. The van der Waals surface area contributed by atoms with Gasteiger partial charge in [-0.25, -0.2) is 4.39 Å². The zero-order chi connectivity index (χ0) is 19.4. The van der Waals surface area contributed by atoms with Crippen molar-refractivity contribution >= 4 is 29.5 Å². The Bertz CT molecular complexity index is 669. The number of aliphatic hydroxyl groups is 1. The van der Waals surface area contributed by atoms with Gasteiger partial charge < -0.3 is 14.9 Å². The number of aliphatic carboxylic acids is 1. The highest BCUT2D eigenvalue weighted by Crippen LogP contribution is 2.35. The molecule has 3 N–H and O–H groups in total. The van der Waals surface area contributed by atoms with Gasteiger partial charge in [-0.3, -0.25) is 10.2 Å². The van der Waals surface area contributed by atoms with Crippen molar-refractivity contribution in [2.75, 3.05) is 12.0 Å². The molecule has 6 nitrogen and oxygen atoms in total. The number of hydrazone groups is 1. The van der Waals surface area contributed by atoms with Crippen LogP contribution in [0.4, 0.5) is 23.2 Å². The van der Waals surface area contributed by atoms with Crippen LogP contribution in [0.5, 0.6) is 5.75 Å². The van der Waals surface area contributed by atoms with Gasteiger partial charge in [-0.2, -0.15) is 18.3 Å². The summed E-state index contributed by atoms with van der Waals surface area (Å²) in [6.45, 7) is 2.51. The Morgan fingerprint density at radius 2 is 2.08 bits per heavy atom. The Labute approximate surface area is 145 Å². The molecule has 0 aliphatic heterocycles. The van der Waals surface area contributed by atoms with Gasteiger partial charge in [-0.1, -0.05) is 11.6 Å². The van der Waals surface area contributed by atoms with E-state index in [-0.39, 0.29) is 29.3 Å². The molecule has 1 aromatic carbocycles. The normalized spacial score (nSPS) is 15.7. The topological polar surface area (TPSA) is 91.1 Å². The number of rotatable bonds is 7. The Hall–Kier alpha value is -2.07. The van der Waals surface area contributed by atoms with Gasteiger partial charge in [-0.05, 0) is 19.9 Å². The predicted molar refractivity (Wildman–Crippen MR) is 82.5 cm³/mol. The first-order valence-corrected chi connectivity index (χ1v) is 7.25. The summed E-state index contributed by atoms with van der Waals surface area (Å²) in [7, 11) is 0. The molecule has 0 fully saturated rings. The summed E-state index contributed by atoms with van der Waals surface area (Å²) >= 11 is 5.74. The molecule has 0 bridgehead atoms. The lowest BCUT2D eigenvalue weighted by molar-refractivity contribution is -0.245. The van der Waals surface area contributed by atoms with Crippen LogP contribution >= 0.6 is 11.6 Å². The standard InChI is InChI=1S/C14H15ClF4N2O4/c1-3-25-11-5-10(9(16)4-8(11)15)21-20-6-13(24,14(17,18)19)7(2)12(22)23/h4-7,21,24H,3H2,1-2H3,(H,22,23)/b20-6-. The Morgan fingerprint density at radius 3 is 2.56 bits per heavy atom. The average Bonchev–Trinajstić information content (AvgIpc) is 2.49. The summed E-state index contributed by atoms with van der Waals surface area (Å²) < 4.78 is 57.8. The summed E-state index contributed by atoms with van der Waals surface area (Å²) in [5.41, 5.74) is -2.17. The lowest BCUT2D eigenvalue weighted by atomic mass is 9.89. The number of carboxylic acid groups (broad SMARTS) is 1. The number of benzene rings is 1. The van der Waals surface area contributed by atoms with Crippen LogP contribution in [0.2, 0.25) is 5.02 Å². The largest absolute Gasteiger partial charge is 0.492 e. The zero-order valence-corrected chi connectivity index (χ0v) is 13.8. The number of nitrogens with one attached hydrogen (secondary N) is 1. The number of nitrogens with zero attached hydrogens (tertiary/aromatic N) is 1. The fourth-order valence-electron chi connectivity index (χ4n) is 1.70. The summed E-state index contributed by atoms with van der Waals surface area (Å²) in [4.78, 5) is 10.8. The summed E-state index contributed by atoms with van der Waals surface area (Å²) in [5, 5.41) is 21.5. The van der Waals surface area contributed by atoms with Crippen molar-refractivity contribution in [3.8, 4) is 5.75 Å². The molecule has 1 rings (SSSR count). The lowest BCUT2D eigenvalue weighted by Gasteiger charge is -2.29. The van der Waals surface area contributed by atoms with E-state index in [9.17, 15) is 27.5 Å². The highest BCUT2D eigenvalue weighted by Gasteiger charge is 2.58. The molecule has 1 aromatic rings. The van der Waals surface area contributed by atoms with Gasteiger partial charge in [0.15, 0.2) is 0 Å². The van der Waals surface area contributed by atoms with Crippen LogP contribution in [0.25, 0.3) is 0 Å². The minimum absolute atomic E-state index is 0.0415. The van der Waals surface area contributed by atoms with E-state index in [0.29, 0.717) is 6.92 Å². The lowest BCUT2D eigenvalue weighted by Crippen LogP contribution is -2.54. The van der Waals surface area contributed by atoms with Gasteiger partial charge in [0.1, 0.15) is 11.6 Å². The van der Waals surface area contributed by atoms with Crippen molar-refractivity contribution < 1.29 is 37.3 Å². The first-order chi connectivity index (χ1) is 11.4. The first kappa shape index (κ1) is 21.0. The number of hydrogen-bond donors (Lipinski definition) is 3. The van der Waals surface area contributed by atoms with Crippen LogP contribution in [0.1, 0.15) is 13.8 Å². The summed E-state index contributed by atoms with van der Waals surface area (Å²) in [6.07, 6.45) is -5.36. The van der Waals surface area contributed by atoms with Gasteiger partial charge >= 0.3 is 12.1 Å². The number of anilines is 1. The molecular weight excluding hydrogens is 372 g/mol. The highest BCUT2D eigenvalue weighted by molar-refractivity contribution is 6.32. The van der Waals surface area contributed by atoms with Crippen molar-refractivity contribution in [2.45, 2.75) is 25.6 Å². The number of alkyl halides is 3. The monoisotopic (exact) mass is 386 g/mol. The van der Waals surface area contributed by atoms with Crippen LogP contribution in [-0.4, -0.2) is 40.8 Å². The van der Waals surface area contributed by atoms with Crippen molar-refractivity contribution in [1.82, 2.24) is 0 Å². The van der Waals surface area contributed by atoms with Crippen molar-refractivity contribution in [2.24, 2.45) is 11.0 Å². The Kier molecular flexibility index (Phi) is 6.61. The highest BCUT2D eigenvalue weighted by atomic mass is 35.5. The van der Waals surface area contributed by atoms with E-state index in [1.165, 1.54) is 0 Å². The minimum atomic E-state index is -5.31. The van der Waals surface area contributed by atoms with Crippen LogP contribution in [-0.2, 0) is 4.79 Å². The maximum Gasteiger partial charge on any atom is 0.423 e. The smallest absolute Gasteiger partial charge is 0.423 e. The molecule has 0 aliphatic carbocycles. The fourth-order valence-corrected chi connectivity index (χ4v) is 1.90. The number of ether oxygens (including phenoxy) is 1. The van der Waals surface area contributed by atoms with Crippen molar-refractivity contribution in [3.05, 3.63) is 23.0 Å². The molecule has 0 saturated carbocycles. The van der Waals surface area contributed by atoms with Gasteiger partial charge in [0, 0.05) is 6.07 Å². The molecule has 25 heavy (non-hydrogen) atoms. The van der Waals surface area contributed by atoms with E-state index in [0.717, 1.165) is 12.1 Å². The van der Waals surface area contributed by atoms with Gasteiger partial charge in [0.25, 0.3) is 0 Å². The summed E-state index contributed by atoms with van der Waals surface area (Å²) in [6, 6.07) is 1.92. The molecule has 0 heterocycles. The number of halogens is 5. The molecule has 0 aliphatic rings.